The number of anilines is 1. The Morgan fingerprint density at radius 2 is 1.70 bits per heavy atom. The van der Waals surface area contributed by atoms with Gasteiger partial charge in [-0.25, -0.2) is 18.0 Å². The average Bonchev–Trinajstić information content (AvgIpc) is 2.48. The lowest BCUT2D eigenvalue weighted by molar-refractivity contribution is -0.119. The highest BCUT2D eigenvalue weighted by atomic mass is 79.9. The van der Waals surface area contributed by atoms with Gasteiger partial charge in [0.15, 0.2) is 6.61 Å². The summed E-state index contributed by atoms with van der Waals surface area (Å²) in [7, 11) is 0. The van der Waals surface area contributed by atoms with Gasteiger partial charge in [0, 0.05) is 10.5 Å². The number of halogens is 4. The van der Waals surface area contributed by atoms with Gasteiger partial charge in [-0.05, 0) is 46.3 Å². The van der Waals surface area contributed by atoms with Crippen LogP contribution in [0, 0.1) is 17.5 Å². The molecular weight excluding hydrogens is 379 g/mol. The SMILES string of the molecule is O=C(COC(=O)c1ccc(F)cc1Br)Nc1cc(F)ccc1F. The fourth-order valence-electron chi connectivity index (χ4n) is 1.64. The number of amides is 1. The summed E-state index contributed by atoms with van der Waals surface area (Å²) in [4.78, 5) is 23.4. The maximum absolute atomic E-state index is 13.4. The molecule has 23 heavy (non-hydrogen) atoms. The molecule has 2 aromatic rings. The maximum atomic E-state index is 13.4. The Bertz CT molecular complexity index is 768. The molecule has 0 bridgehead atoms. The molecule has 2 rings (SSSR count). The second-order valence-corrected chi connectivity index (χ2v) is 5.23. The van der Waals surface area contributed by atoms with Crippen LogP contribution in [0.15, 0.2) is 40.9 Å². The molecule has 0 radical (unpaired) electrons. The molecule has 0 heterocycles. The molecule has 0 saturated carbocycles. The van der Waals surface area contributed by atoms with Gasteiger partial charge in [0.05, 0.1) is 11.3 Å². The van der Waals surface area contributed by atoms with E-state index < -0.39 is 35.9 Å². The van der Waals surface area contributed by atoms with Gasteiger partial charge in [-0.15, -0.1) is 0 Å². The predicted molar refractivity (Wildman–Crippen MR) is 79.4 cm³/mol. The van der Waals surface area contributed by atoms with E-state index in [0.717, 1.165) is 30.3 Å². The van der Waals surface area contributed by atoms with Gasteiger partial charge in [-0.2, -0.15) is 0 Å². The summed E-state index contributed by atoms with van der Waals surface area (Å²) in [6.07, 6.45) is 0. The minimum Gasteiger partial charge on any atom is -0.452 e. The molecule has 0 atom stereocenters. The summed E-state index contributed by atoms with van der Waals surface area (Å²) >= 11 is 2.99. The molecule has 0 fully saturated rings. The van der Waals surface area contributed by atoms with Crippen LogP contribution in [0.2, 0.25) is 0 Å². The van der Waals surface area contributed by atoms with E-state index in [2.05, 4.69) is 21.2 Å². The van der Waals surface area contributed by atoms with E-state index in [1.165, 1.54) is 6.07 Å². The second-order valence-electron chi connectivity index (χ2n) is 4.37. The van der Waals surface area contributed by atoms with E-state index >= 15 is 0 Å². The molecule has 120 valence electrons. The van der Waals surface area contributed by atoms with Crippen molar-refractivity contribution in [2.45, 2.75) is 0 Å². The molecule has 0 aliphatic carbocycles. The van der Waals surface area contributed by atoms with Crippen molar-refractivity contribution in [1.82, 2.24) is 0 Å². The van der Waals surface area contributed by atoms with Crippen LogP contribution in [0.25, 0.3) is 0 Å². The molecule has 2 aromatic carbocycles. The zero-order valence-corrected chi connectivity index (χ0v) is 13.0. The summed E-state index contributed by atoms with van der Waals surface area (Å²) in [5.74, 6) is -3.82. The Morgan fingerprint density at radius 1 is 1.04 bits per heavy atom. The molecule has 0 aromatic heterocycles. The molecule has 8 heteroatoms. The van der Waals surface area contributed by atoms with Gasteiger partial charge in [0.25, 0.3) is 5.91 Å². The third-order valence-corrected chi connectivity index (χ3v) is 3.34. The summed E-state index contributed by atoms with van der Waals surface area (Å²) in [5.41, 5.74) is -0.342. The fourth-order valence-corrected chi connectivity index (χ4v) is 2.16. The van der Waals surface area contributed by atoms with Gasteiger partial charge >= 0.3 is 5.97 Å². The molecule has 0 spiro atoms. The molecule has 4 nitrogen and oxygen atoms in total. The van der Waals surface area contributed by atoms with E-state index in [0.29, 0.717) is 0 Å². The van der Waals surface area contributed by atoms with Crippen LogP contribution in [-0.4, -0.2) is 18.5 Å². The first kappa shape index (κ1) is 17.0. The van der Waals surface area contributed by atoms with Crippen molar-refractivity contribution >= 4 is 33.5 Å². The van der Waals surface area contributed by atoms with Crippen molar-refractivity contribution in [2.75, 3.05) is 11.9 Å². The summed E-state index contributed by atoms with van der Waals surface area (Å²) in [6, 6.07) is 5.86. The van der Waals surface area contributed by atoms with Crippen molar-refractivity contribution in [3.05, 3.63) is 63.9 Å². The highest BCUT2D eigenvalue weighted by Gasteiger charge is 2.15. The van der Waals surface area contributed by atoms with Gasteiger partial charge in [-0.3, -0.25) is 4.79 Å². The first-order valence-corrected chi connectivity index (χ1v) is 7.03. The zero-order chi connectivity index (χ0) is 17.0. The fraction of sp³-hybridized carbons (Fsp3) is 0.0667. The van der Waals surface area contributed by atoms with Crippen LogP contribution in [-0.2, 0) is 9.53 Å². The van der Waals surface area contributed by atoms with Crippen LogP contribution in [0.4, 0.5) is 18.9 Å². The van der Waals surface area contributed by atoms with E-state index in [9.17, 15) is 22.8 Å². The first-order chi connectivity index (χ1) is 10.9. The molecule has 0 unspecified atom stereocenters. The van der Waals surface area contributed by atoms with Crippen LogP contribution < -0.4 is 5.32 Å². The summed E-state index contributed by atoms with van der Waals surface area (Å²) < 4.78 is 44.1. The Kier molecular flexibility index (Phi) is 5.38. The number of ether oxygens (including phenoxy) is 1. The molecule has 0 saturated heterocycles. The Balaban J connectivity index is 1.96. The second kappa shape index (κ2) is 7.28. The van der Waals surface area contributed by atoms with Crippen molar-refractivity contribution in [3.8, 4) is 0 Å². The average molecular weight is 388 g/mol. The minimum absolute atomic E-state index is 0.0242. The van der Waals surface area contributed by atoms with Crippen molar-refractivity contribution < 1.29 is 27.5 Å². The van der Waals surface area contributed by atoms with E-state index in [4.69, 9.17) is 4.74 Å². The normalized spacial score (nSPS) is 10.3. The number of benzene rings is 2. The summed E-state index contributed by atoms with van der Waals surface area (Å²) in [6.45, 7) is -0.710. The number of esters is 1. The maximum Gasteiger partial charge on any atom is 0.339 e. The number of carbonyl (C=O) groups is 2. The molecule has 1 N–H and O–H groups in total. The Labute approximate surface area is 137 Å². The number of nitrogens with one attached hydrogen (secondary N) is 1. The Hall–Kier alpha value is -2.35. The highest BCUT2D eigenvalue weighted by Crippen LogP contribution is 2.19. The van der Waals surface area contributed by atoms with Gasteiger partial charge in [0.1, 0.15) is 17.5 Å². The summed E-state index contributed by atoms with van der Waals surface area (Å²) in [5, 5.41) is 2.08. The molecular formula is C15H9BrF3NO3. The van der Waals surface area contributed by atoms with E-state index in [1.54, 1.807) is 0 Å². The third kappa shape index (κ3) is 4.56. The van der Waals surface area contributed by atoms with Gasteiger partial charge < -0.3 is 10.1 Å². The Morgan fingerprint density at radius 3 is 2.39 bits per heavy atom. The number of rotatable bonds is 4. The van der Waals surface area contributed by atoms with Crippen LogP contribution in [0.3, 0.4) is 0 Å². The molecule has 0 aliphatic rings. The zero-order valence-electron chi connectivity index (χ0n) is 11.4. The minimum atomic E-state index is -0.869. The van der Waals surface area contributed by atoms with Crippen molar-refractivity contribution in [2.24, 2.45) is 0 Å². The topological polar surface area (TPSA) is 55.4 Å². The van der Waals surface area contributed by atoms with Gasteiger partial charge in [-0.1, -0.05) is 0 Å². The largest absolute Gasteiger partial charge is 0.452 e. The third-order valence-electron chi connectivity index (χ3n) is 2.69. The van der Waals surface area contributed by atoms with E-state index in [-0.39, 0.29) is 15.7 Å². The number of hydrogen-bond donors (Lipinski definition) is 1. The predicted octanol–water partition coefficient (Wildman–Crippen LogP) is 3.66. The number of carbonyl (C=O) groups excluding carboxylic acids is 2. The van der Waals surface area contributed by atoms with Crippen molar-refractivity contribution in [1.29, 1.82) is 0 Å². The van der Waals surface area contributed by atoms with E-state index in [1.807, 2.05) is 0 Å². The standard InChI is InChI=1S/C15H9BrF3NO3/c16-11-5-8(17)1-3-10(11)15(22)23-7-14(21)20-13-6-9(18)2-4-12(13)19/h1-6H,7H2,(H,20,21). The molecule has 1 amide bonds. The lowest BCUT2D eigenvalue weighted by atomic mass is 10.2. The smallest absolute Gasteiger partial charge is 0.339 e. The van der Waals surface area contributed by atoms with Crippen molar-refractivity contribution in [3.63, 3.8) is 0 Å². The monoisotopic (exact) mass is 387 g/mol. The lowest BCUT2D eigenvalue weighted by Gasteiger charge is -2.08. The molecule has 0 aliphatic heterocycles. The number of hydrogen-bond acceptors (Lipinski definition) is 3. The van der Waals surface area contributed by atoms with Crippen LogP contribution >= 0.6 is 15.9 Å². The quantitative estimate of drug-likeness (QED) is 0.814. The highest BCUT2D eigenvalue weighted by molar-refractivity contribution is 9.10. The van der Waals surface area contributed by atoms with Crippen LogP contribution in [0.1, 0.15) is 10.4 Å². The van der Waals surface area contributed by atoms with Crippen LogP contribution in [0.5, 0.6) is 0 Å². The van der Waals surface area contributed by atoms with Gasteiger partial charge in [0.2, 0.25) is 0 Å². The first-order valence-electron chi connectivity index (χ1n) is 6.24. The lowest BCUT2D eigenvalue weighted by Crippen LogP contribution is -2.21.